The fourth-order valence-electron chi connectivity index (χ4n) is 3.63. The van der Waals surface area contributed by atoms with Crippen molar-refractivity contribution in [3.63, 3.8) is 0 Å². The molecule has 0 bridgehead atoms. The van der Waals surface area contributed by atoms with Crippen LogP contribution in [-0.2, 0) is 6.42 Å². The van der Waals surface area contributed by atoms with Crippen LogP contribution in [0.5, 0.6) is 0 Å². The summed E-state index contributed by atoms with van der Waals surface area (Å²) in [5, 5.41) is 7.88. The summed E-state index contributed by atoms with van der Waals surface area (Å²) in [6, 6.07) is 14.4. The van der Waals surface area contributed by atoms with Crippen LogP contribution < -0.4 is 16.4 Å². The van der Waals surface area contributed by atoms with Crippen molar-refractivity contribution in [2.24, 2.45) is 10.7 Å². The van der Waals surface area contributed by atoms with Gasteiger partial charge in [-0.05, 0) is 55.0 Å². The number of anilines is 1. The number of aromatic nitrogens is 3. The molecule has 2 aromatic heterocycles. The Morgan fingerprint density at radius 1 is 1.11 bits per heavy atom. The monoisotopic (exact) mass is 371 g/mol. The van der Waals surface area contributed by atoms with Crippen LogP contribution in [0.15, 0.2) is 65.7 Å². The molecule has 1 aliphatic rings. The molecule has 1 atom stereocenters. The van der Waals surface area contributed by atoms with Gasteiger partial charge in [0, 0.05) is 34.9 Å². The summed E-state index contributed by atoms with van der Waals surface area (Å²) in [5.74, 6) is -0.105. The Kier molecular flexibility index (Phi) is 3.70. The summed E-state index contributed by atoms with van der Waals surface area (Å²) in [6.07, 6.45) is 5.87. The van der Waals surface area contributed by atoms with Crippen molar-refractivity contribution in [3.8, 4) is 0 Å². The van der Waals surface area contributed by atoms with E-state index in [9.17, 15) is 0 Å². The van der Waals surface area contributed by atoms with Gasteiger partial charge in [0.05, 0.1) is 17.4 Å². The van der Waals surface area contributed by atoms with Crippen LogP contribution in [-0.4, -0.2) is 27.0 Å². The molecule has 1 aliphatic heterocycles. The number of benzene rings is 2. The number of hydrogen-bond acceptors (Lipinski definition) is 5. The van der Waals surface area contributed by atoms with Crippen molar-refractivity contribution < 1.29 is 0 Å². The zero-order chi connectivity index (χ0) is 19.1. The maximum Gasteiger partial charge on any atom is 0.187 e. The third kappa shape index (κ3) is 3.12. The zero-order valence-electron chi connectivity index (χ0n) is 15.5. The number of nitrogens with one attached hydrogen (secondary N) is 4. The molecule has 0 saturated carbocycles. The number of nitrogens with zero attached hydrogens (tertiary/aromatic N) is 2. The molecule has 28 heavy (non-hydrogen) atoms. The van der Waals surface area contributed by atoms with Crippen molar-refractivity contribution in [2.75, 3.05) is 5.32 Å². The quantitative estimate of drug-likeness (QED) is 0.380. The first-order chi connectivity index (χ1) is 13.6. The van der Waals surface area contributed by atoms with Crippen molar-refractivity contribution in [2.45, 2.75) is 19.1 Å². The Labute approximate surface area is 161 Å². The average molecular weight is 371 g/mol. The Morgan fingerprint density at radius 2 is 2.04 bits per heavy atom. The van der Waals surface area contributed by atoms with Gasteiger partial charge in [0.15, 0.2) is 5.79 Å². The van der Waals surface area contributed by atoms with E-state index in [0.29, 0.717) is 6.42 Å². The summed E-state index contributed by atoms with van der Waals surface area (Å²) >= 11 is 0. The minimum absolute atomic E-state index is 0.549. The number of aryl methyl sites for hydroxylation is 1. The number of imidazole rings is 1. The Bertz CT molecular complexity index is 1230. The van der Waals surface area contributed by atoms with Gasteiger partial charge in [-0.15, -0.1) is 0 Å². The summed E-state index contributed by atoms with van der Waals surface area (Å²) < 4.78 is 0. The Balaban J connectivity index is 1.34. The molecule has 0 aliphatic carbocycles. The third-order valence-electron chi connectivity index (χ3n) is 4.89. The minimum Gasteiger partial charge on any atom is -0.359 e. The molecular formula is C21H21N7. The van der Waals surface area contributed by atoms with Gasteiger partial charge in [-0.2, -0.15) is 0 Å². The van der Waals surface area contributed by atoms with Gasteiger partial charge in [0.2, 0.25) is 0 Å². The highest BCUT2D eigenvalue weighted by atomic mass is 15.3. The fraction of sp³-hybridized carbons (Fsp3) is 0.143. The summed E-state index contributed by atoms with van der Waals surface area (Å²) in [6.45, 7) is 2.05. The van der Waals surface area contributed by atoms with E-state index in [4.69, 9.17) is 5.73 Å². The molecule has 0 amide bonds. The standard InChI is InChI=1S/C21H21N7/c1-13-8-15-10-16(3-5-17(15)26-13)27-20-6-7-25-21(22,28-20)11-14-2-4-18-19(9-14)24-12-23-18/h2-10,12,26-28H,11,22H2,1H3,(H,23,24). The molecule has 5 rings (SSSR count). The van der Waals surface area contributed by atoms with Gasteiger partial charge >= 0.3 is 0 Å². The SMILES string of the molecule is Cc1cc2cc(NC3=CC=NC(N)(Cc4ccc5nc[nH]c5c4)N3)ccc2[nH]1. The molecule has 0 saturated heterocycles. The smallest absolute Gasteiger partial charge is 0.187 e. The van der Waals surface area contributed by atoms with Crippen LogP contribution in [0.3, 0.4) is 0 Å². The van der Waals surface area contributed by atoms with E-state index in [1.54, 1.807) is 12.5 Å². The summed E-state index contributed by atoms with van der Waals surface area (Å²) in [5.41, 5.74) is 12.8. The molecular weight excluding hydrogens is 350 g/mol. The second-order valence-corrected chi connectivity index (χ2v) is 7.22. The predicted molar refractivity (Wildman–Crippen MR) is 113 cm³/mol. The van der Waals surface area contributed by atoms with E-state index in [1.807, 2.05) is 24.3 Å². The Morgan fingerprint density at radius 3 is 2.96 bits per heavy atom. The number of aromatic amines is 2. The van der Waals surface area contributed by atoms with Crippen LogP contribution >= 0.6 is 0 Å². The highest BCUT2D eigenvalue weighted by molar-refractivity contribution is 5.84. The van der Waals surface area contributed by atoms with Gasteiger partial charge in [0.1, 0.15) is 5.82 Å². The van der Waals surface area contributed by atoms with Crippen LogP contribution in [0, 0.1) is 6.92 Å². The maximum atomic E-state index is 6.53. The lowest BCUT2D eigenvalue weighted by Gasteiger charge is -2.31. The van der Waals surface area contributed by atoms with E-state index in [2.05, 4.69) is 61.8 Å². The van der Waals surface area contributed by atoms with Gasteiger partial charge < -0.3 is 20.6 Å². The fourth-order valence-corrected chi connectivity index (χ4v) is 3.63. The Hall–Kier alpha value is -3.58. The van der Waals surface area contributed by atoms with Crippen molar-refractivity contribution >= 4 is 33.8 Å². The summed E-state index contributed by atoms with van der Waals surface area (Å²) in [7, 11) is 0. The van der Waals surface area contributed by atoms with E-state index >= 15 is 0 Å². The van der Waals surface area contributed by atoms with E-state index in [1.165, 1.54) is 5.39 Å². The third-order valence-corrected chi connectivity index (χ3v) is 4.89. The van der Waals surface area contributed by atoms with E-state index < -0.39 is 5.79 Å². The largest absolute Gasteiger partial charge is 0.359 e. The molecule has 7 nitrogen and oxygen atoms in total. The van der Waals surface area contributed by atoms with Crippen LogP contribution in [0.2, 0.25) is 0 Å². The van der Waals surface area contributed by atoms with Gasteiger partial charge in [-0.25, -0.2) is 4.98 Å². The number of rotatable bonds is 4. The lowest BCUT2D eigenvalue weighted by molar-refractivity contribution is 0.381. The average Bonchev–Trinajstić information content (AvgIpc) is 3.26. The molecule has 1 unspecified atom stereocenters. The zero-order valence-corrected chi connectivity index (χ0v) is 15.5. The van der Waals surface area contributed by atoms with Gasteiger partial charge in [0.25, 0.3) is 0 Å². The first kappa shape index (κ1) is 16.6. The molecule has 6 N–H and O–H groups in total. The maximum absolute atomic E-state index is 6.53. The lowest BCUT2D eigenvalue weighted by Crippen LogP contribution is -2.55. The molecule has 7 heteroatoms. The molecule has 0 radical (unpaired) electrons. The van der Waals surface area contributed by atoms with Crippen LogP contribution in [0.4, 0.5) is 5.69 Å². The molecule has 140 valence electrons. The van der Waals surface area contributed by atoms with Gasteiger partial charge in [-0.1, -0.05) is 6.07 Å². The number of H-pyrrole nitrogens is 2. The van der Waals surface area contributed by atoms with E-state index in [-0.39, 0.29) is 0 Å². The molecule has 3 heterocycles. The summed E-state index contributed by atoms with van der Waals surface area (Å²) in [4.78, 5) is 15.2. The first-order valence-electron chi connectivity index (χ1n) is 9.17. The van der Waals surface area contributed by atoms with Crippen LogP contribution in [0.1, 0.15) is 11.3 Å². The van der Waals surface area contributed by atoms with Crippen molar-refractivity contribution in [1.82, 2.24) is 20.3 Å². The topological polar surface area (TPSA) is 107 Å². The lowest BCUT2D eigenvalue weighted by atomic mass is 10.1. The second kappa shape index (κ2) is 6.24. The first-order valence-corrected chi connectivity index (χ1v) is 9.17. The van der Waals surface area contributed by atoms with Gasteiger partial charge in [-0.3, -0.25) is 10.7 Å². The van der Waals surface area contributed by atoms with Crippen LogP contribution in [0.25, 0.3) is 21.9 Å². The second-order valence-electron chi connectivity index (χ2n) is 7.22. The normalized spacial score (nSPS) is 19.0. The molecule has 0 spiro atoms. The minimum atomic E-state index is -0.917. The number of aliphatic imine (C=N–C) groups is 1. The highest BCUT2D eigenvalue weighted by Crippen LogP contribution is 2.22. The van der Waals surface area contributed by atoms with Crippen molar-refractivity contribution in [1.29, 1.82) is 0 Å². The molecule has 2 aromatic carbocycles. The van der Waals surface area contributed by atoms with E-state index in [0.717, 1.165) is 39.3 Å². The highest BCUT2D eigenvalue weighted by Gasteiger charge is 2.26. The number of allylic oxidation sites excluding steroid dienone is 1. The molecule has 4 aromatic rings. The molecule has 0 fully saturated rings. The number of fused-ring (bicyclic) bond motifs is 2. The predicted octanol–water partition coefficient (Wildman–Crippen LogP) is 3.14. The number of nitrogens with two attached hydrogens (primary N) is 1. The number of hydrogen-bond donors (Lipinski definition) is 5. The van der Waals surface area contributed by atoms with Crippen molar-refractivity contribution in [3.05, 3.63) is 71.9 Å².